The van der Waals surface area contributed by atoms with Crippen LogP contribution in [0.25, 0.3) is 0 Å². The molecule has 0 unspecified atom stereocenters. The van der Waals surface area contributed by atoms with Gasteiger partial charge in [0.2, 0.25) is 0 Å². The number of hydrogen-bond donors (Lipinski definition) is 1. The van der Waals surface area contributed by atoms with Gasteiger partial charge in [0, 0.05) is 36.6 Å². The Morgan fingerprint density at radius 1 is 1.08 bits per heavy atom. The molecule has 1 atom stereocenters. The highest BCUT2D eigenvalue weighted by Crippen LogP contribution is 2.44. The zero-order chi connectivity index (χ0) is 17.5. The van der Waals surface area contributed by atoms with Crippen molar-refractivity contribution in [3.05, 3.63) is 46.1 Å². The van der Waals surface area contributed by atoms with Gasteiger partial charge in [0.25, 0.3) is 0 Å². The van der Waals surface area contributed by atoms with E-state index in [4.69, 9.17) is 4.99 Å². The van der Waals surface area contributed by atoms with Crippen molar-refractivity contribution in [2.45, 2.75) is 31.8 Å². The summed E-state index contributed by atoms with van der Waals surface area (Å²) >= 11 is 1.92. The van der Waals surface area contributed by atoms with Crippen LogP contribution in [0.15, 0.2) is 29.3 Å². The molecule has 0 amide bonds. The van der Waals surface area contributed by atoms with Crippen molar-refractivity contribution in [2.75, 3.05) is 36.4 Å². The van der Waals surface area contributed by atoms with Crippen molar-refractivity contribution in [3.63, 3.8) is 0 Å². The Labute approximate surface area is 157 Å². The molecule has 2 aliphatic heterocycles. The number of aliphatic imine (C=N–C) groups is 1. The first-order chi connectivity index (χ1) is 12.8. The summed E-state index contributed by atoms with van der Waals surface area (Å²) < 4.78 is 14.1. The molecule has 3 aliphatic rings. The SMILES string of the molecule is Fc1ccccc1N1CCN([C@@H]2N=CNc3sc4c(c32)CCCC4)CC1. The highest BCUT2D eigenvalue weighted by molar-refractivity contribution is 7.16. The van der Waals surface area contributed by atoms with E-state index < -0.39 is 0 Å². The van der Waals surface area contributed by atoms with Gasteiger partial charge in [-0.05, 0) is 43.4 Å². The minimum absolute atomic E-state index is 0.118. The van der Waals surface area contributed by atoms with E-state index >= 15 is 0 Å². The standard InChI is InChI=1S/C20H23FN4S/c21-15-6-2-3-7-16(15)24-9-11-25(12-10-24)19-18-14-5-1-4-8-17(14)26-20(18)23-13-22-19/h2-3,6-7,13,19H,1,4-5,8-12H2,(H,22,23)/t19-/m0/s1. The van der Waals surface area contributed by atoms with E-state index in [2.05, 4.69) is 15.1 Å². The van der Waals surface area contributed by atoms with Gasteiger partial charge in [-0.25, -0.2) is 4.39 Å². The molecule has 1 aromatic carbocycles. The summed E-state index contributed by atoms with van der Waals surface area (Å²) in [5, 5.41) is 4.66. The van der Waals surface area contributed by atoms with Crippen molar-refractivity contribution >= 4 is 28.4 Å². The third kappa shape index (κ3) is 2.72. The van der Waals surface area contributed by atoms with E-state index in [-0.39, 0.29) is 12.0 Å². The van der Waals surface area contributed by atoms with Crippen LogP contribution in [0.2, 0.25) is 0 Å². The zero-order valence-electron chi connectivity index (χ0n) is 14.7. The van der Waals surface area contributed by atoms with Gasteiger partial charge in [0.1, 0.15) is 17.0 Å². The molecule has 0 spiro atoms. The number of nitrogens with one attached hydrogen (secondary N) is 1. The van der Waals surface area contributed by atoms with E-state index in [1.165, 1.54) is 36.2 Å². The van der Waals surface area contributed by atoms with Crippen molar-refractivity contribution < 1.29 is 4.39 Å². The first kappa shape index (κ1) is 16.3. The largest absolute Gasteiger partial charge is 0.367 e. The number of piperazine rings is 1. The maximum absolute atomic E-state index is 14.1. The molecule has 1 aliphatic carbocycles. The van der Waals surface area contributed by atoms with Crippen molar-refractivity contribution in [1.82, 2.24) is 4.90 Å². The van der Waals surface area contributed by atoms with Crippen LogP contribution in [-0.2, 0) is 12.8 Å². The van der Waals surface area contributed by atoms with Crippen LogP contribution in [0.5, 0.6) is 0 Å². The highest BCUT2D eigenvalue weighted by atomic mass is 32.1. The smallest absolute Gasteiger partial charge is 0.146 e. The average molecular weight is 370 g/mol. The second kappa shape index (κ2) is 6.67. The molecule has 0 radical (unpaired) electrons. The molecule has 1 aromatic heterocycles. The second-order valence-corrected chi connectivity index (χ2v) is 8.33. The summed E-state index contributed by atoms with van der Waals surface area (Å²) in [6.45, 7) is 3.48. The fraction of sp³-hybridized carbons (Fsp3) is 0.450. The predicted octanol–water partition coefficient (Wildman–Crippen LogP) is 4.04. The van der Waals surface area contributed by atoms with E-state index in [9.17, 15) is 4.39 Å². The summed E-state index contributed by atoms with van der Waals surface area (Å²) in [5.74, 6) is -0.130. The number of para-hydroxylation sites is 1. The molecule has 6 heteroatoms. The van der Waals surface area contributed by atoms with Gasteiger partial charge >= 0.3 is 0 Å². The van der Waals surface area contributed by atoms with Crippen LogP contribution in [0.3, 0.4) is 0 Å². The van der Waals surface area contributed by atoms with E-state index in [0.717, 1.165) is 31.9 Å². The molecule has 26 heavy (non-hydrogen) atoms. The van der Waals surface area contributed by atoms with Crippen LogP contribution < -0.4 is 10.2 Å². The van der Waals surface area contributed by atoms with Crippen LogP contribution in [0.4, 0.5) is 15.1 Å². The Hall–Kier alpha value is -1.92. The van der Waals surface area contributed by atoms with Gasteiger partial charge < -0.3 is 10.2 Å². The zero-order valence-corrected chi connectivity index (χ0v) is 15.6. The van der Waals surface area contributed by atoms with E-state index in [1.54, 1.807) is 22.6 Å². The van der Waals surface area contributed by atoms with Crippen molar-refractivity contribution in [3.8, 4) is 0 Å². The normalized spacial score (nSPS) is 22.7. The van der Waals surface area contributed by atoms with Crippen LogP contribution >= 0.6 is 11.3 Å². The van der Waals surface area contributed by atoms with Gasteiger partial charge in [-0.15, -0.1) is 11.3 Å². The number of thiophene rings is 1. The number of anilines is 2. The third-order valence-electron chi connectivity index (χ3n) is 5.74. The summed E-state index contributed by atoms with van der Waals surface area (Å²) in [5.41, 5.74) is 3.67. The summed E-state index contributed by atoms with van der Waals surface area (Å²) in [4.78, 5) is 11.0. The van der Waals surface area contributed by atoms with E-state index in [1.807, 2.05) is 29.8 Å². The molecular formula is C20H23FN4S. The molecule has 2 aromatic rings. The van der Waals surface area contributed by atoms with Crippen LogP contribution in [0, 0.1) is 5.82 Å². The Bertz CT molecular complexity index is 838. The number of halogens is 1. The molecule has 1 N–H and O–H groups in total. The fourth-order valence-electron chi connectivity index (χ4n) is 4.40. The Morgan fingerprint density at radius 2 is 1.88 bits per heavy atom. The second-order valence-electron chi connectivity index (χ2n) is 7.22. The molecule has 4 nitrogen and oxygen atoms in total. The molecule has 5 rings (SSSR count). The lowest BCUT2D eigenvalue weighted by atomic mass is 9.93. The van der Waals surface area contributed by atoms with Crippen molar-refractivity contribution in [1.29, 1.82) is 0 Å². The predicted molar refractivity (Wildman–Crippen MR) is 106 cm³/mol. The highest BCUT2D eigenvalue weighted by Gasteiger charge is 2.33. The fourth-order valence-corrected chi connectivity index (χ4v) is 5.68. The van der Waals surface area contributed by atoms with Crippen LogP contribution in [-0.4, -0.2) is 37.4 Å². The minimum Gasteiger partial charge on any atom is -0.367 e. The number of hydrogen-bond acceptors (Lipinski definition) is 5. The van der Waals surface area contributed by atoms with Gasteiger partial charge in [0.15, 0.2) is 0 Å². The lowest BCUT2D eigenvalue weighted by molar-refractivity contribution is 0.190. The van der Waals surface area contributed by atoms with Gasteiger partial charge in [-0.3, -0.25) is 9.89 Å². The molecule has 3 heterocycles. The van der Waals surface area contributed by atoms with Crippen LogP contribution in [0.1, 0.15) is 35.0 Å². The number of aryl methyl sites for hydroxylation is 1. The minimum atomic E-state index is -0.130. The molecular weight excluding hydrogens is 347 g/mol. The molecule has 136 valence electrons. The monoisotopic (exact) mass is 370 g/mol. The summed E-state index contributed by atoms with van der Waals surface area (Å²) in [7, 11) is 0. The summed E-state index contributed by atoms with van der Waals surface area (Å²) in [6.07, 6.45) is 6.96. The average Bonchev–Trinajstić information content (AvgIpc) is 3.07. The first-order valence-electron chi connectivity index (χ1n) is 9.47. The molecule has 0 bridgehead atoms. The molecule has 1 saturated heterocycles. The molecule has 0 saturated carbocycles. The van der Waals surface area contributed by atoms with E-state index in [0.29, 0.717) is 0 Å². The Morgan fingerprint density at radius 3 is 2.73 bits per heavy atom. The number of nitrogens with zero attached hydrogens (tertiary/aromatic N) is 3. The van der Waals surface area contributed by atoms with Crippen molar-refractivity contribution in [2.24, 2.45) is 4.99 Å². The Kier molecular flexibility index (Phi) is 4.17. The molecule has 1 fully saturated rings. The maximum atomic E-state index is 14.1. The maximum Gasteiger partial charge on any atom is 0.146 e. The number of benzene rings is 1. The quantitative estimate of drug-likeness (QED) is 0.866. The number of fused-ring (bicyclic) bond motifs is 3. The van der Waals surface area contributed by atoms with Gasteiger partial charge in [-0.2, -0.15) is 0 Å². The van der Waals surface area contributed by atoms with Gasteiger partial charge in [0.05, 0.1) is 12.0 Å². The first-order valence-corrected chi connectivity index (χ1v) is 10.3. The van der Waals surface area contributed by atoms with Gasteiger partial charge in [-0.1, -0.05) is 12.1 Å². The third-order valence-corrected chi connectivity index (χ3v) is 6.97. The lowest BCUT2D eigenvalue weighted by Crippen LogP contribution is -2.48. The number of rotatable bonds is 2. The summed E-state index contributed by atoms with van der Waals surface area (Å²) in [6, 6.07) is 7.08. The topological polar surface area (TPSA) is 30.9 Å². The lowest BCUT2D eigenvalue weighted by Gasteiger charge is -2.40. The Balaban J connectivity index is 1.36.